The lowest BCUT2D eigenvalue weighted by atomic mass is 10.1. The number of hydrogen-bond acceptors (Lipinski definition) is 5. The average molecular weight is 335 g/mol. The van der Waals surface area contributed by atoms with E-state index in [1.165, 1.54) is 7.11 Å². The number of carbonyl (C=O) groups is 1. The topological polar surface area (TPSA) is 73.3 Å². The minimum Gasteiger partial charge on any atom is -0.493 e. The molecular weight excluding hydrogens is 318 g/mol. The minimum atomic E-state index is -0.348. The van der Waals surface area contributed by atoms with Crippen LogP contribution in [0.2, 0.25) is 0 Å². The molecule has 0 atom stereocenters. The molecule has 0 spiro atoms. The first kappa shape index (κ1) is 16.4. The molecule has 0 unspecified atom stereocenters. The van der Waals surface area contributed by atoms with Gasteiger partial charge < -0.3 is 14.8 Å². The van der Waals surface area contributed by atoms with Crippen molar-refractivity contribution in [2.45, 2.75) is 0 Å². The molecule has 0 aliphatic rings. The largest absolute Gasteiger partial charge is 0.493 e. The molecule has 1 aromatic heterocycles. The van der Waals surface area contributed by atoms with Crippen LogP contribution >= 0.6 is 0 Å². The van der Waals surface area contributed by atoms with Crippen molar-refractivity contribution in [1.29, 1.82) is 0 Å². The molecule has 0 saturated carbocycles. The summed E-state index contributed by atoms with van der Waals surface area (Å²) in [6.07, 6.45) is 0. The van der Waals surface area contributed by atoms with E-state index in [0.717, 1.165) is 5.56 Å². The number of benzene rings is 2. The summed E-state index contributed by atoms with van der Waals surface area (Å²) >= 11 is 0. The number of amides is 1. The zero-order valence-electron chi connectivity index (χ0n) is 13.9. The van der Waals surface area contributed by atoms with Gasteiger partial charge in [-0.2, -0.15) is 0 Å². The van der Waals surface area contributed by atoms with Gasteiger partial charge in [-0.25, -0.2) is 0 Å². The summed E-state index contributed by atoms with van der Waals surface area (Å²) in [5.41, 5.74) is 2.47. The first-order valence-electron chi connectivity index (χ1n) is 7.64. The van der Waals surface area contributed by atoms with Crippen LogP contribution in [0.3, 0.4) is 0 Å². The third kappa shape index (κ3) is 3.74. The molecule has 0 saturated heterocycles. The number of aromatic nitrogens is 2. The predicted molar refractivity (Wildman–Crippen MR) is 95.0 cm³/mol. The van der Waals surface area contributed by atoms with E-state index in [4.69, 9.17) is 9.47 Å². The van der Waals surface area contributed by atoms with E-state index in [0.29, 0.717) is 22.9 Å². The second-order valence-corrected chi connectivity index (χ2v) is 5.19. The number of rotatable bonds is 5. The van der Waals surface area contributed by atoms with Gasteiger partial charge in [0.25, 0.3) is 5.91 Å². The number of hydrogen-bond donors (Lipinski definition) is 1. The van der Waals surface area contributed by atoms with Crippen molar-refractivity contribution in [3.05, 3.63) is 66.4 Å². The summed E-state index contributed by atoms with van der Waals surface area (Å²) in [7, 11) is 3.09. The van der Waals surface area contributed by atoms with Crippen LogP contribution in [-0.2, 0) is 0 Å². The normalized spacial score (nSPS) is 10.2. The fourth-order valence-corrected chi connectivity index (χ4v) is 2.33. The number of carbonyl (C=O) groups excluding carboxylic acids is 1. The van der Waals surface area contributed by atoms with Crippen molar-refractivity contribution in [3.63, 3.8) is 0 Å². The van der Waals surface area contributed by atoms with Crippen LogP contribution in [0, 0.1) is 0 Å². The lowest BCUT2D eigenvalue weighted by Crippen LogP contribution is -2.14. The third-order valence-electron chi connectivity index (χ3n) is 3.61. The highest BCUT2D eigenvalue weighted by atomic mass is 16.5. The number of anilines is 1. The van der Waals surface area contributed by atoms with Gasteiger partial charge in [0.15, 0.2) is 17.2 Å². The Morgan fingerprint density at radius 1 is 0.880 bits per heavy atom. The molecule has 1 amide bonds. The molecule has 126 valence electrons. The van der Waals surface area contributed by atoms with E-state index < -0.39 is 0 Å². The van der Waals surface area contributed by atoms with Gasteiger partial charge in [-0.1, -0.05) is 30.3 Å². The first-order valence-corrected chi connectivity index (χ1v) is 7.64. The fourth-order valence-electron chi connectivity index (χ4n) is 2.33. The van der Waals surface area contributed by atoms with E-state index in [2.05, 4.69) is 15.5 Å². The summed E-state index contributed by atoms with van der Waals surface area (Å²) in [6.45, 7) is 0. The lowest BCUT2D eigenvalue weighted by molar-refractivity contribution is 0.102. The monoisotopic (exact) mass is 335 g/mol. The standard InChI is InChI=1S/C19H17N3O3/c1-24-17-11-8-14(12-18(17)25-2)20-19(23)16-10-9-15(21-22-16)13-6-4-3-5-7-13/h3-12H,1-2H3,(H,20,23). The summed E-state index contributed by atoms with van der Waals surface area (Å²) in [5, 5.41) is 10.9. The summed E-state index contributed by atoms with van der Waals surface area (Å²) in [6, 6.07) is 18.2. The Bertz CT molecular complexity index is 865. The van der Waals surface area contributed by atoms with Gasteiger partial charge in [-0.3, -0.25) is 4.79 Å². The Hall–Kier alpha value is -3.41. The number of ether oxygens (including phenoxy) is 2. The van der Waals surface area contributed by atoms with Crippen LogP contribution in [0.15, 0.2) is 60.7 Å². The molecular formula is C19H17N3O3. The number of methoxy groups -OCH3 is 2. The smallest absolute Gasteiger partial charge is 0.276 e. The van der Waals surface area contributed by atoms with Crippen LogP contribution in [0.25, 0.3) is 11.3 Å². The van der Waals surface area contributed by atoms with Gasteiger partial charge in [0.2, 0.25) is 0 Å². The van der Waals surface area contributed by atoms with Gasteiger partial charge in [-0.05, 0) is 24.3 Å². The van der Waals surface area contributed by atoms with Gasteiger partial charge in [0, 0.05) is 17.3 Å². The highest BCUT2D eigenvalue weighted by molar-refractivity contribution is 6.03. The highest BCUT2D eigenvalue weighted by Gasteiger charge is 2.11. The van der Waals surface area contributed by atoms with Gasteiger partial charge in [-0.15, -0.1) is 10.2 Å². The van der Waals surface area contributed by atoms with E-state index in [-0.39, 0.29) is 11.6 Å². The molecule has 1 heterocycles. The maximum absolute atomic E-state index is 12.3. The Balaban J connectivity index is 1.75. The van der Waals surface area contributed by atoms with Gasteiger partial charge in [0.1, 0.15) is 0 Å². The van der Waals surface area contributed by atoms with E-state index in [1.807, 2.05) is 30.3 Å². The van der Waals surface area contributed by atoms with Crippen LogP contribution in [0.5, 0.6) is 11.5 Å². The summed E-state index contributed by atoms with van der Waals surface area (Å²) < 4.78 is 10.4. The lowest BCUT2D eigenvalue weighted by Gasteiger charge is -2.10. The third-order valence-corrected chi connectivity index (χ3v) is 3.61. The van der Waals surface area contributed by atoms with Gasteiger partial charge >= 0.3 is 0 Å². The molecule has 0 aliphatic heterocycles. The van der Waals surface area contributed by atoms with Gasteiger partial charge in [0.05, 0.1) is 19.9 Å². The van der Waals surface area contributed by atoms with E-state index >= 15 is 0 Å². The number of nitrogens with zero attached hydrogens (tertiary/aromatic N) is 2. The molecule has 6 heteroatoms. The Kier molecular flexibility index (Phi) is 4.89. The van der Waals surface area contributed by atoms with Crippen molar-refractivity contribution >= 4 is 11.6 Å². The maximum atomic E-state index is 12.3. The van der Waals surface area contributed by atoms with Crippen molar-refractivity contribution < 1.29 is 14.3 Å². The highest BCUT2D eigenvalue weighted by Crippen LogP contribution is 2.29. The zero-order chi connectivity index (χ0) is 17.6. The van der Waals surface area contributed by atoms with E-state index in [9.17, 15) is 4.79 Å². The van der Waals surface area contributed by atoms with Crippen LogP contribution < -0.4 is 14.8 Å². The molecule has 3 aromatic rings. The summed E-state index contributed by atoms with van der Waals surface area (Å²) in [4.78, 5) is 12.3. The average Bonchev–Trinajstić information content (AvgIpc) is 2.68. The molecule has 0 radical (unpaired) electrons. The fraction of sp³-hybridized carbons (Fsp3) is 0.105. The molecule has 6 nitrogen and oxygen atoms in total. The minimum absolute atomic E-state index is 0.231. The van der Waals surface area contributed by atoms with E-state index in [1.54, 1.807) is 37.4 Å². The zero-order valence-corrected chi connectivity index (χ0v) is 13.9. The molecule has 3 rings (SSSR count). The van der Waals surface area contributed by atoms with Crippen LogP contribution in [0.1, 0.15) is 10.5 Å². The van der Waals surface area contributed by atoms with Crippen molar-refractivity contribution in [3.8, 4) is 22.8 Å². The Morgan fingerprint density at radius 3 is 2.28 bits per heavy atom. The summed E-state index contributed by atoms with van der Waals surface area (Å²) in [5.74, 6) is 0.776. The van der Waals surface area contributed by atoms with Crippen molar-refractivity contribution in [2.75, 3.05) is 19.5 Å². The first-order chi connectivity index (χ1) is 12.2. The maximum Gasteiger partial charge on any atom is 0.276 e. The molecule has 0 fully saturated rings. The van der Waals surface area contributed by atoms with Crippen LogP contribution in [-0.4, -0.2) is 30.3 Å². The SMILES string of the molecule is COc1ccc(NC(=O)c2ccc(-c3ccccc3)nn2)cc1OC. The van der Waals surface area contributed by atoms with Crippen LogP contribution in [0.4, 0.5) is 5.69 Å². The Labute approximate surface area is 145 Å². The Morgan fingerprint density at radius 2 is 1.64 bits per heavy atom. The molecule has 0 bridgehead atoms. The molecule has 25 heavy (non-hydrogen) atoms. The molecule has 2 aromatic carbocycles. The number of nitrogens with one attached hydrogen (secondary N) is 1. The van der Waals surface area contributed by atoms with Crippen molar-refractivity contribution in [2.24, 2.45) is 0 Å². The van der Waals surface area contributed by atoms with Crippen molar-refractivity contribution in [1.82, 2.24) is 10.2 Å². The predicted octanol–water partition coefficient (Wildman–Crippen LogP) is 3.41. The molecule has 1 N–H and O–H groups in total. The second-order valence-electron chi connectivity index (χ2n) is 5.19. The molecule has 0 aliphatic carbocycles. The second kappa shape index (κ2) is 7.44. The quantitative estimate of drug-likeness (QED) is 0.773.